The van der Waals surface area contributed by atoms with Crippen LogP contribution in [-0.2, 0) is 6.54 Å². The fourth-order valence-corrected chi connectivity index (χ4v) is 1.52. The molecule has 0 fully saturated rings. The van der Waals surface area contributed by atoms with Crippen molar-refractivity contribution >= 4 is 11.5 Å². The van der Waals surface area contributed by atoms with Gasteiger partial charge in [0.05, 0.1) is 17.7 Å². The van der Waals surface area contributed by atoms with Crippen LogP contribution in [0.3, 0.4) is 0 Å². The zero-order valence-corrected chi connectivity index (χ0v) is 9.72. The first-order valence-electron chi connectivity index (χ1n) is 5.37. The van der Waals surface area contributed by atoms with E-state index in [-0.39, 0.29) is 18.0 Å². The second kappa shape index (κ2) is 5.21. The van der Waals surface area contributed by atoms with Crippen LogP contribution in [0.5, 0.6) is 0 Å². The Balaban J connectivity index is 2.29. The van der Waals surface area contributed by atoms with Gasteiger partial charge in [-0.2, -0.15) is 4.98 Å². The summed E-state index contributed by atoms with van der Waals surface area (Å²) in [7, 11) is 0. The highest BCUT2D eigenvalue weighted by molar-refractivity contribution is 5.95. The van der Waals surface area contributed by atoms with Crippen molar-refractivity contribution in [2.24, 2.45) is 0 Å². The fourth-order valence-electron chi connectivity index (χ4n) is 1.52. The summed E-state index contributed by atoms with van der Waals surface area (Å²) in [6, 6.07) is 8.37. The van der Waals surface area contributed by atoms with Crippen molar-refractivity contribution in [3.05, 3.63) is 68.9 Å². The Hall–Kier alpha value is -2.83. The molecular formula is C12H9N3O4. The lowest BCUT2D eigenvalue weighted by Gasteiger charge is -2.03. The lowest BCUT2D eigenvalue weighted by Crippen LogP contribution is -2.26. The summed E-state index contributed by atoms with van der Waals surface area (Å²) >= 11 is 0. The van der Waals surface area contributed by atoms with Gasteiger partial charge in [-0.3, -0.25) is 19.5 Å². The Kier molecular flexibility index (Phi) is 3.46. The molecule has 0 amide bonds. The van der Waals surface area contributed by atoms with Gasteiger partial charge in [0.1, 0.15) is 6.20 Å². The van der Waals surface area contributed by atoms with Gasteiger partial charge < -0.3 is 0 Å². The summed E-state index contributed by atoms with van der Waals surface area (Å²) in [4.78, 5) is 36.6. The van der Waals surface area contributed by atoms with Crippen molar-refractivity contribution in [1.82, 2.24) is 9.55 Å². The molecule has 1 aromatic heterocycles. The van der Waals surface area contributed by atoms with Crippen LogP contribution in [0.15, 0.2) is 47.5 Å². The van der Waals surface area contributed by atoms with Crippen molar-refractivity contribution in [3.63, 3.8) is 0 Å². The number of hydrogen-bond acceptors (Lipinski definition) is 5. The van der Waals surface area contributed by atoms with Crippen molar-refractivity contribution in [3.8, 4) is 0 Å². The highest BCUT2D eigenvalue weighted by Gasteiger charge is 2.12. The second-order valence-corrected chi connectivity index (χ2v) is 3.77. The Bertz CT molecular complexity index is 679. The Morgan fingerprint density at radius 3 is 2.63 bits per heavy atom. The maximum Gasteiger partial charge on any atom is 0.348 e. The van der Waals surface area contributed by atoms with E-state index in [1.54, 1.807) is 30.3 Å². The molecule has 0 saturated heterocycles. The third-order valence-electron chi connectivity index (χ3n) is 2.46. The minimum atomic E-state index is -0.699. The van der Waals surface area contributed by atoms with Crippen molar-refractivity contribution in [1.29, 1.82) is 0 Å². The number of ketones is 1. The molecule has 0 aliphatic rings. The van der Waals surface area contributed by atoms with Crippen molar-refractivity contribution < 1.29 is 9.72 Å². The topological polar surface area (TPSA) is 95.1 Å². The van der Waals surface area contributed by atoms with Gasteiger partial charge in [0.25, 0.3) is 0 Å². The SMILES string of the molecule is O=C(Cn1cc([N+](=O)[O-])cnc1=O)c1ccccc1. The number of benzene rings is 1. The van der Waals surface area contributed by atoms with E-state index >= 15 is 0 Å². The van der Waals surface area contributed by atoms with Gasteiger partial charge in [-0.25, -0.2) is 4.79 Å². The standard InChI is InChI=1S/C12H9N3O4/c16-11(9-4-2-1-3-5-9)8-14-7-10(15(18)19)6-13-12(14)17/h1-7H,8H2. The smallest absolute Gasteiger partial charge is 0.292 e. The average Bonchev–Trinajstić information content (AvgIpc) is 2.42. The van der Waals surface area contributed by atoms with E-state index in [4.69, 9.17) is 0 Å². The largest absolute Gasteiger partial charge is 0.348 e. The number of nitro groups is 1. The predicted molar refractivity (Wildman–Crippen MR) is 65.9 cm³/mol. The Labute approximate surface area is 107 Å². The summed E-state index contributed by atoms with van der Waals surface area (Å²) in [5.41, 5.74) is -0.601. The van der Waals surface area contributed by atoms with Crippen LogP contribution >= 0.6 is 0 Å². The van der Waals surface area contributed by atoms with Gasteiger partial charge in [-0.15, -0.1) is 0 Å². The van der Waals surface area contributed by atoms with Gasteiger partial charge in [-0.05, 0) is 0 Å². The van der Waals surface area contributed by atoms with E-state index in [0.717, 1.165) is 17.0 Å². The average molecular weight is 259 g/mol. The molecule has 0 radical (unpaired) electrons. The summed E-state index contributed by atoms with van der Waals surface area (Å²) < 4.78 is 0.924. The summed E-state index contributed by atoms with van der Waals surface area (Å²) in [6.45, 7) is -0.280. The molecule has 2 rings (SSSR count). The van der Waals surface area contributed by atoms with Gasteiger partial charge in [0, 0.05) is 5.56 Å². The number of Topliss-reactive ketones (excluding diaryl/α,β-unsaturated/α-hetero) is 1. The van der Waals surface area contributed by atoms with Crippen LogP contribution in [0.1, 0.15) is 10.4 Å². The predicted octanol–water partition coefficient (Wildman–Crippen LogP) is 1.03. The van der Waals surface area contributed by atoms with Gasteiger partial charge in [0.2, 0.25) is 0 Å². The number of rotatable bonds is 4. The molecule has 0 unspecified atom stereocenters. The van der Waals surface area contributed by atoms with E-state index < -0.39 is 10.6 Å². The summed E-state index contributed by atoms with van der Waals surface area (Å²) in [5.74, 6) is -0.315. The minimum Gasteiger partial charge on any atom is -0.292 e. The maximum absolute atomic E-state index is 11.9. The van der Waals surface area contributed by atoms with Gasteiger partial charge >= 0.3 is 11.4 Å². The van der Waals surface area contributed by atoms with Crippen LogP contribution < -0.4 is 5.69 Å². The van der Waals surface area contributed by atoms with E-state index in [1.807, 2.05) is 0 Å². The second-order valence-electron chi connectivity index (χ2n) is 3.77. The van der Waals surface area contributed by atoms with Crippen LogP contribution in [0.25, 0.3) is 0 Å². The number of aromatic nitrogens is 2. The van der Waals surface area contributed by atoms with E-state index in [9.17, 15) is 19.7 Å². The molecule has 7 nitrogen and oxygen atoms in total. The van der Waals surface area contributed by atoms with Crippen molar-refractivity contribution in [2.75, 3.05) is 0 Å². The first-order chi connectivity index (χ1) is 9.08. The third kappa shape index (κ3) is 2.89. The molecule has 96 valence electrons. The molecule has 1 aromatic carbocycles. The lowest BCUT2D eigenvalue weighted by molar-refractivity contribution is -0.385. The first-order valence-corrected chi connectivity index (χ1v) is 5.37. The zero-order chi connectivity index (χ0) is 13.8. The molecule has 0 bridgehead atoms. The molecule has 1 heterocycles. The van der Waals surface area contributed by atoms with E-state index in [2.05, 4.69) is 4.98 Å². The number of carbonyl (C=O) groups excluding carboxylic acids is 1. The number of nitrogens with zero attached hydrogens (tertiary/aromatic N) is 3. The molecule has 0 spiro atoms. The minimum absolute atomic E-state index is 0.280. The quantitative estimate of drug-likeness (QED) is 0.464. The number of carbonyl (C=O) groups is 1. The molecule has 0 saturated carbocycles. The third-order valence-corrected chi connectivity index (χ3v) is 2.46. The Morgan fingerprint density at radius 1 is 1.32 bits per heavy atom. The molecule has 7 heteroatoms. The van der Waals surface area contributed by atoms with Gasteiger partial charge in [-0.1, -0.05) is 30.3 Å². The summed E-state index contributed by atoms with van der Waals surface area (Å²) in [6.07, 6.45) is 1.88. The van der Waals surface area contributed by atoms with Crippen molar-refractivity contribution in [2.45, 2.75) is 6.54 Å². The first kappa shape index (κ1) is 12.6. The molecular weight excluding hydrogens is 250 g/mol. The van der Waals surface area contributed by atoms with Crippen LogP contribution in [-0.4, -0.2) is 20.3 Å². The molecule has 0 aliphatic heterocycles. The fraction of sp³-hybridized carbons (Fsp3) is 0.0833. The molecule has 0 N–H and O–H groups in total. The highest BCUT2D eigenvalue weighted by Crippen LogP contribution is 2.06. The number of hydrogen-bond donors (Lipinski definition) is 0. The molecule has 0 aliphatic carbocycles. The monoisotopic (exact) mass is 259 g/mol. The molecule has 2 aromatic rings. The van der Waals surface area contributed by atoms with Crippen LogP contribution in [0.4, 0.5) is 5.69 Å². The van der Waals surface area contributed by atoms with E-state index in [1.165, 1.54) is 0 Å². The zero-order valence-electron chi connectivity index (χ0n) is 9.72. The van der Waals surface area contributed by atoms with Gasteiger partial charge in [0.15, 0.2) is 5.78 Å². The maximum atomic E-state index is 11.9. The normalized spacial score (nSPS) is 10.1. The molecule has 19 heavy (non-hydrogen) atoms. The van der Waals surface area contributed by atoms with E-state index in [0.29, 0.717) is 5.56 Å². The van der Waals surface area contributed by atoms with Crippen LogP contribution in [0.2, 0.25) is 0 Å². The summed E-state index contributed by atoms with van der Waals surface area (Å²) in [5, 5.41) is 10.6. The molecule has 0 atom stereocenters. The Morgan fingerprint density at radius 2 is 2.00 bits per heavy atom. The van der Waals surface area contributed by atoms with Crippen LogP contribution in [0, 0.1) is 10.1 Å². The lowest BCUT2D eigenvalue weighted by atomic mass is 10.1. The highest BCUT2D eigenvalue weighted by atomic mass is 16.6.